The standard InChI is InChI=1S/C13H17BrN2O3/c14-12-11(3-5-18-12)13(17)15-6-10-7-16-4-1-2-9(16)8-19-10/h3,5,9-10H,1-2,4,6-8H2,(H,15,17). The van der Waals surface area contributed by atoms with Gasteiger partial charge < -0.3 is 14.5 Å². The molecule has 0 radical (unpaired) electrons. The summed E-state index contributed by atoms with van der Waals surface area (Å²) in [5.41, 5.74) is 0.523. The minimum atomic E-state index is -0.132. The van der Waals surface area contributed by atoms with Crippen molar-refractivity contribution in [2.45, 2.75) is 25.0 Å². The van der Waals surface area contributed by atoms with Crippen molar-refractivity contribution >= 4 is 21.8 Å². The minimum Gasteiger partial charge on any atom is -0.457 e. The van der Waals surface area contributed by atoms with Crippen LogP contribution in [0.4, 0.5) is 0 Å². The lowest BCUT2D eigenvalue weighted by molar-refractivity contribution is -0.0461. The van der Waals surface area contributed by atoms with Gasteiger partial charge in [0.05, 0.1) is 24.5 Å². The quantitative estimate of drug-likeness (QED) is 0.916. The van der Waals surface area contributed by atoms with Gasteiger partial charge in [0, 0.05) is 19.1 Å². The third kappa shape index (κ3) is 2.85. The fourth-order valence-corrected chi connectivity index (χ4v) is 3.19. The Balaban J connectivity index is 1.50. The number of ether oxygens (including phenoxy) is 1. The summed E-state index contributed by atoms with van der Waals surface area (Å²) in [4.78, 5) is 14.4. The van der Waals surface area contributed by atoms with Crippen LogP contribution in [-0.4, -0.2) is 49.2 Å². The number of carbonyl (C=O) groups is 1. The van der Waals surface area contributed by atoms with E-state index in [2.05, 4.69) is 26.1 Å². The van der Waals surface area contributed by atoms with Crippen molar-refractivity contribution in [1.82, 2.24) is 10.2 Å². The number of nitrogens with one attached hydrogen (secondary N) is 1. The Bertz CT molecular complexity index is 462. The first-order valence-electron chi connectivity index (χ1n) is 6.61. The molecule has 2 aliphatic rings. The summed E-state index contributed by atoms with van der Waals surface area (Å²) < 4.78 is 11.3. The van der Waals surface area contributed by atoms with Crippen LogP contribution in [-0.2, 0) is 4.74 Å². The van der Waals surface area contributed by atoms with Crippen molar-refractivity contribution in [3.8, 4) is 0 Å². The maximum atomic E-state index is 11.9. The maximum absolute atomic E-state index is 11.9. The lowest BCUT2D eigenvalue weighted by atomic mass is 10.2. The maximum Gasteiger partial charge on any atom is 0.255 e. The van der Waals surface area contributed by atoms with E-state index < -0.39 is 0 Å². The zero-order chi connectivity index (χ0) is 13.2. The van der Waals surface area contributed by atoms with E-state index in [-0.39, 0.29) is 12.0 Å². The predicted octanol–water partition coefficient (Wildman–Crippen LogP) is 1.64. The molecular weight excluding hydrogens is 312 g/mol. The van der Waals surface area contributed by atoms with Crippen molar-refractivity contribution in [2.75, 3.05) is 26.2 Å². The SMILES string of the molecule is O=C(NCC1CN2CCCC2CO1)c1ccoc1Br. The number of nitrogens with zero attached hydrogens (tertiary/aromatic N) is 1. The van der Waals surface area contributed by atoms with E-state index in [4.69, 9.17) is 9.15 Å². The minimum absolute atomic E-state index is 0.0870. The van der Waals surface area contributed by atoms with Crippen LogP contribution >= 0.6 is 15.9 Å². The van der Waals surface area contributed by atoms with Crippen LogP contribution in [0.1, 0.15) is 23.2 Å². The first kappa shape index (κ1) is 13.1. The van der Waals surface area contributed by atoms with Gasteiger partial charge in [-0.1, -0.05) is 0 Å². The highest BCUT2D eigenvalue weighted by atomic mass is 79.9. The van der Waals surface area contributed by atoms with Gasteiger partial charge in [0.25, 0.3) is 5.91 Å². The molecule has 1 N–H and O–H groups in total. The molecule has 2 atom stereocenters. The van der Waals surface area contributed by atoms with Crippen molar-refractivity contribution in [2.24, 2.45) is 0 Å². The van der Waals surface area contributed by atoms with E-state index in [0.717, 1.165) is 19.7 Å². The molecule has 0 saturated carbocycles. The molecule has 1 aromatic rings. The summed E-state index contributed by atoms with van der Waals surface area (Å²) in [5.74, 6) is -0.132. The van der Waals surface area contributed by atoms with Crippen molar-refractivity contribution < 1.29 is 13.9 Å². The van der Waals surface area contributed by atoms with E-state index in [1.807, 2.05) is 0 Å². The average Bonchev–Trinajstić information content (AvgIpc) is 3.03. The van der Waals surface area contributed by atoms with Crippen LogP contribution in [0.5, 0.6) is 0 Å². The van der Waals surface area contributed by atoms with Crippen molar-refractivity contribution in [1.29, 1.82) is 0 Å². The molecule has 6 heteroatoms. The van der Waals surface area contributed by atoms with Crippen LogP contribution in [0.3, 0.4) is 0 Å². The van der Waals surface area contributed by atoms with Crippen LogP contribution in [0.15, 0.2) is 21.4 Å². The fraction of sp³-hybridized carbons (Fsp3) is 0.615. The number of amides is 1. The zero-order valence-corrected chi connectivity index (χ0v) is 12.2. The third-order valence-electron chi connectivity index (χ3n) is 3.81. The van der Waals surface area contributed by atoms with Crippen LogP contribution in [0, 0.1) is 0 Å². The lowest BCUT2D eigenvalue weighted by Gasteiger charge is -2.35. The summed E-state index contributed by atoms with van der Waals surface area (Å²) in [6.07, 6.45) is 4.07. The smallest absolute Gasteiger partial charge is 0.255 e. The molecule has 2 unspecified atom stereocenters. The Morgan fingerprint density at radius 3 is 3.26 bits per heavy atom. The number of fused-ring (bicyclic) bond motifs is 1. The number of hydrogen-bond acceptors (Lipinski definition) is 4. The van der Waals surface area contributed by atoms with Crippen LogP contribution in [0.25, 0.3) is 0 Å². The number of carbonyl (C=O) groups excluding carboxylic acids is 1. The summed E-state index contributed by atoms with van der Waals surface area (Å²) in [7, 11) is 0. The molecule has 5 nitrogen and oxygen atoms in total. The number of morpholine rings is 1. The predicted molar refractivity (Wildman–Crippen MR) is 73.1 cm³/mol. The molecule has 2 saturated heterocycles. The van der Waals surface area contributed by atoms with Crippen molar-refractivity contribution in [3.05, 3.63) is 22.6 Å². The van der Waals surface area contributed by atoms with Gasteiger partial charge in [0.1, 0.15) is 0 Å². The first-order chi connectivity index (χ1) is 9.24. The van der Waals surface area contributed by atoms with Gasteiger partial charge in [-0.15, -0.1) is 0 Å². The molecule has 0 aliphatic carbocycles. The molecule has 1 amide bonds. The Labute approximate surface area is 120 Å². The molecule has 19 heavy (non-hydrogen) atoms. The highest BCUT2D eigenvalue weighted by Gasteiger charge is 2.32. The molecule has 3 heterocycles. The van der Waals surface area contributed by atoms with Crippen LogP contribution in [0.2, 0.25) is 0 Å². The second-order valence-electron chi connectivity index (χ2n) is 5.06. The largest absolute Gasteiger partial charge is 0.457 e. The zero-order valence-electron chi connectivity index (χ0n) is 10.6. The van der Waals surface area contributed by atoms with Gasteiger partial charge in [-0.25, -0.2) is 0 Å². The fourth-order valence-electron chi connectivity index (χ4n) is 2.77. The Kier molecular flexibility index (Phi) is 3.91. The molecule has 1 aromatic heterocycles. The molecule has 104 valence electrons. The normalized spacial score (nSPS) is 27.2. The van der Waals surface area contributed by atoms with Gasteiger partial charge in [-0.3, -0.25) is 9.69 Å². The van der Waals surface area contributed by atoms with Gasteiger partial charge >= 0.3 is 0 Å². The van der Waals surface area contributed by atoms with E-state index in [1.165, 1.54) is 19.1 Å². The highest BCUT2D eigenvalue weighted by molar-refractivity contribution is 9.10. The number of halogens is 1. The molecule has 3 rings (SSSR count). The molecule has 0 bridgehead atoms. The molecule has 2 aliphatic heterocycles. The number of furan rings is 1. The van der Waals surface area contributed by atoms with Crippen molar-refractivity contribution in [3.63, 3.8) is 0 Å². The molecular formula is C13H17BrN2O3. The summed E-state index contributed by atoms with van der Waals surface area (Å²) >= 11 is 3.20. The van der Waals surface area contributed by atoms with Crippen LogP contribution < -0.4 is 5.32 Å². The van der Waals surface area contributed by atoms with Gasteiger partial charge in [-0.2, -0.15) is 0 Å². The summed E-state index contributed by atoms with van der Waals surface area (Å²) in [6.45, 7) is 3.40. The van der Waals surface area contributed by atoms with Gasteiger partial charge in [0.2, 0.25) is 0 Å². The number of hydrogen-bond donors (Lipinski definition) is 1. The Morgan fingerprint density at radius 1 is 1.58 bits per heavy atom. The lowest BCUT2D eigenvalue weighted by Crippen LogP contribution is -2.50. The van der Waals surface area contributed by atoms with E-state index >= 15 is 0 Å². The number of rotatable bonds is 3. The van der Waals surface area contributed by atoms with Gasteiger partial charge in [-0.05, 0) is 41.4 Å². The van der Waals surface area contributed by atoms with E-state index in [0.29, 0.717) is 22.8 Å². The van der Waals surface area contributed by atoms with Gasteiger partial charge in [0.15, 0.2) is 4.67 Å². The Hall–Kier alpha value is -0.850. The first-order valence-corrected chi connectivity index (χ1v) is 7.40. The monoisotopic (exact) mass is 328 g/mol. The topological polar surface area (TPSA) is 54.7 Å². The van der Waals surface area contributed by atoms with E-state index in [9.17, 15) is 4.79 Å². The second kappa shape index (κ2) is 5.64. The molecule has 0 spiro atoms. The van der Waals surface area contributed by atoms with E-state index in [1.54, 1.807) is 6.07 Å². The molecule has 2 fully saturated rings. The third-order valence-corrected chi connectivity index (χ3v) is 4.43. The second-order valence-corrected chi connectivity index (χ2v) is 5.78. The Morgan fingerprint density at radius 2 is 2.47 bits per heavy atom. The molecule has 0 aromatic carbocycles. The summed E-state index contributed by atoms with van der Waals surface area (Å²) in [6, 6.07) is 2.24. The summed E-state index contributed by atoms with van der Waals surface area (Å²) in [5, 5.41) is 2.89. The highest BCUT2D eigenvalue weighted by Crippen LogP contribution is 2.22. The average molecular weight is 329 g/mol.